The van der Waals surface area contributed by atoms with Crippen LogP contribution in [-0.2, 0) is 32.6 Å². The van der Waals surface area contributed by atoms with Gasteiger partial charge in [-0.3, -0.25) is 13.9 Å². The smallest absolute Gasteiger partial charge is 0.264 e. The maximum Gasteiger partial charge on any atom is 0.264 e. The average molecular weight is 708 g/mol. The molecule has 0 heterocycles. The van der Waals surface area contributed by atoms with E-state index in [9.17, 15) is 18.0 Å². The maximum atomic E-state index is 14.5. The van der Waals surface area contributed by atoms with Crippen molar-refractivity contribution in [2.75, 3.05) is 17.4 Å². The molecule has 4 aromatic carbocycles. The highest BCUT2D eigenvalue weighted by Crippen LogP contribution is 2.36. The van der Waals surface area contributed by atoms with Gasteiger partial charge in [-0.05, 0) is 48.4 Å². The van der Waals surface area contributed by atoms with E-state index < -0.39 is 34.4 Å². The minimum atomic E-state index is -4.34. The van der Waals surface area contributed by atoms with E-state index in [1.807, 2.05) is 37.3 Å². The van der Waals surface area contributed by atoms with Gasteiger partial charge in [-0.15, -0.1) is 0 Å². The van der Waals surface area contributed by atoms with Gasteiger partial charge in [-0.2, -0.15) is 0 Å². The Labute approximate surface area is 283 Å². The van der Waals surface area contributed by atoms with Crippen LogP contribution in [0.3, 0.4) is 0 Å². The van der Waals surface area contributed by atoms with Crippen molar-refractivity contribution in [3.8, 4) is 0 Å². The van der Waals surface area contributed by atoms with Gasteiger partial charge in [0, 0.05) is 35.1 Å². The van der Waals surface area contributed by atoms with E-state index in [0.717, 1.165) is 9.87 Å². The molecular weight excluding hydrogens is 676 g/mol. The topological polar surface area (TPSA) is 86.8 Å². The first-order valence-electron chi connectivity index (χ1n) is 14.1. The number of carbonyl (C=O) groups excluding carboxylic acids is 2. The van der Waals surface area contributed by atoms with Gasteiger partial charge in [0.2, 0.25) is 11.8 Å². The minimum Gasteiger partial charge on any atom is -0.354 e. The highest BCUT2D eigenvalue weighted by atomic mass is 35.5. The third kappa shape index (κ3) is 8.51. The van der Waals surface area contributed by atoms with Crippen LogP contribution >= 0.6 is 46.4 Å². The van der Waals surface area contributed by atoms with Crippen LogP contribution in [0.2, 0.25) is 20.1 Å². The summed E-state index contributed by atoms with van der Waals surface area (Å²) in [6, 6.07) is 25.3. The fourth-order valence-corrected chi connectivity index (χ4v) is 7.10. The standard InChI is InChI=1S/C33H31Cl4N3O4S/c1-2-19-38-33(42)30(20-23-11-5-3-6-12-23)39(21-25-26(34)15-9-16-27(25)35)31(41)22-40(29-18-10-17-28(36)32(29)37)45(43,44)24-13-7-4-8-14-24/h3-18,30H,2,19-22H2,1H3,(H,38,42). The molecule has 7 nitrogen and oxygen atoms in total. The molecule has 12 heteroatoms. The molecular formula is C33H31Cl4N3O4S. The SMILES string of the molecule is CCCNC(=O)C(Cc1ccccc1)N(Cc1c(Cl)cccc1Cl)C(=O)CN(c1cccc(Cl)c1Cl)S(=O)(=O)c1ccccc1. The third-order valence-corrected chi connectivity index (χ3v) is 10.3. The number of nitrogens with one attached hydrogen (secondary N) is 1. The zero-order valence-corrected chi connectivity index (χ0v) is 28.1. The van der Waals surface area contributed by atoms with Crippen molar-refractivity contribution in [3.05, 3.63) is 128 Å². The zero-order chi connectivity index (χ0) is 32.6. The molecule has 0 aromatic heterocycles. The summed E-state index contributed by atoms with van der Waals surface area (Å²) in [5.41, 5.74) is 1.21. The number of halogens is 4. The third-order valence-electron chi connectivity index (χ3n) is 7.02. The highest BCUT2D eigenvalue weighted by molar-refractivity contribution is 7.92. The summed E-state index contributed by atoms with van der Waals surface area (Å²) in [5, 5.41) is 3.53. The largest absolute Gasteiger partial charge is 0.354 e. The van der Waals surface area contributed by atoms with Crippen LogP contribution in [0.4, 0.5) is 5.69 Å². The van der Waals surface area contributed by atoms with Gasteiger partial charge in [0.15, 0.2) is 0 Å². The summed E-state index contributed by atoms with van der Waals surface area (Å²) in [5.74, 6) is -1.09. The van der Waals surface area contributed by atoms with E-state index in [0.29, 0.717) is 28.6 Å². The Morgan fingerprint density at radius 1 is 0.778 bits per heavy atom. The Morgan fingerprint density at radius 3 is 1.98 bits per heavy atom. The number of amides is 2. The van der Waals surface area contributed by atoms with Gasteiger partial charge in [-0.25, -0.2) is 8.42 Å². The van der Waals surface area contributed by atoms with E-state index in [2.05, 4.69) is 5.32 Å². The van der Waals surface area contributed by atoms with E-state index in [4.69, 9.17) is 46.4 Å². The summed E-state index contributed by atoms with van der Waals surface area (Å²) in [7, 11) is -4.34. The van der Waals surface area contributed by atoms with Crippen molar-refractivity contribution in [2.24, 2.45) is 0 Å². The highest BCUT2D eigenvalue weighted by Gasteiger charge is 2.36. The molecule has 0 aliphatic carbocycles. The fraction of sp³-hybridized carbons (Fsp3) is 0.212. The molecule has 45 heavy (non-hydrogen) atoms. The van der Waals surface area contributed by atoms with Crippen molar-refractivity contribution < 1.29 is 18.0 Å². The van der Waals surface area contributed by atoms with Gasteiger partial charge in [0.25, 0.3) is 10.0 Å². The molecule has 0 aliphatic heterocycles. The van der Waals surface area contributed by atoms with Gasteiger partial charge in [0.05, 0.1) is 20.6 Å². The molecule has 0 aliphatic rings. The lowest BCUT2D eigenvalue weighted by molar-refractivity contribution is -0.140. The molecule has 1 atom stereocenters. The summed E-state index contributed by atoms with van der Waals surface area (Å²) in [6.07, 6.45) is 0.817. The lowest BCUT2D eigenvalue weighted by atomic mass is 10.0. The lowest BCUT2D eigenvalue weighted by Crippen LogP contribution is -2.53. The number of benzene rings is 4. The van der Waals surface area contributed by atoms with Crippen LogP contribution in [0.15, 0.2) is 102 Å². The fourth-order valence-electron chi connectivity index (χ4n) is 4.69. The van der Waals surface area contributed by atoms with Crippen LogP contribution in [0.25, 0.3) is 0 Å². The van der Waals surface area contributed by atoms with E-state index in [1.54, 1.807) is 42.5 Å². The summed E-state index contributed by atoms with van der Waals surface area (Å²) in [4.78, 5) is 29.5. The second-order valence-electron chi connectivity index (χ2n) is 10.1. The van der Waals surface area contributed by atoms with Crippen LogP contribution in [0, 0.1) is 0 Å². The first kappa shape index (κ1) is 34.6. The van der Waals surface area contributed by atoms with Crippen molar-refractivity contribution in [1.29, 1.82) is 0 Å². The monoisotopic (exact) mass is 705 g/mol. The Balaban J connectivity index is 1.85. The molecule has 0 spiro atoms. The predicted octanol–water partition coefficient (Wildman–Crippen LogP) is 7.66. The van der Waals surface area contributed by atoms with Crippen LogP contribution in [-0.4, -0.2) is 44.3 Å². The number of hydrogen-bond acceptors (Lipinski definition) is 4. The molecule has 0 bridgehead atoms. The number of hydrogen-bond donors (Lipinski definition) is 1. The molecule has 0 saturated heterocycles. The van der Waals surface area contributed by atoms with Crippen LogP contribution in [0.5, 0.6) is 0 Å². The molecule has 4 aromatic rings. The Hall–Kier alpha value is -3.27. The van der Waals surface area contributed by atoms with E-state index in [1.165, 1.54) is 29.2 Å². The lowest BCUT2D eigenvalue weighted by Gasteiger charge is -2.34. The summed E-state index contributed by atoms with van der Waals surface area (Å²) in [6.45, 7) is 1.42. The van der Waals surface area contributed by atoms with Gasteiger partial charge in [0.1, 0.15) is 12.6 Å². The van der Waals surface area contributed by atoms with Crippen molar-refractivity contribution in [2.45, 2.75) is 37.2 Å². The number of nitrogens with zero attached hydrogens (tertiary/aromatic N) is 2. The number of rotatable bonds is 13. The first-order chi connectivity index (χ1) is 21.5. The molecule has 1 N–H and O–H groups in total. The average Bonchev–Trinajstić information content (AvgIpc) is 3.03. The molecule has 2 amide bonds. The van der Waals surface area contributed by atoms with Gasteiger partial charge < -0.3 is 10.2 Å². The van der Waals surface area contributed by atoms with Crippen LogP contribution < -0.4 is 9.62 Å². The Bertz CT molecular complexity index is 1720. The second kappa shape index (κ2) is 15.8. The van der Waals surface area contributed by atoms with Crippen LogP contribution in [0.1, 0.15) is 24.5 Å². The molecule has 1 unspecified atom stereocenters. The molecule has 4 rings (SSSR count). The first-order valence-corrected chi connectivity index (χ1v) is 17.1. The maximum absolute atomic E-state index is 14.5. The van der Waals surface area contributed by atoms with Gasteiger partial charge >= 0.3 is 0 Å². The quantitative estimate of drug-likeness (QED) is 0.155. The van der Waals surface area contributed by atoms with Gasteiger partial charge in [-0.1, -0.05) is 114 Å². The van der Waals surface area contributed by atoms with Crippen molar-refractivity contribution >= 4 is 73.9 Å². The predicted molar refractivity (Wildman–Crippen MR) is 182 cm³/mol. The summed E-state index contributed by atoms with van der Waals surface area (Å²) < 4.78 is 29.1. The Kier molecular flexibility index (Phi) is 12.2. The zero-order valence-electron chi connectivity index (χ0n) is 24.3. The van der Waals surface area contributed by atoms with Crippen molar-refractivity contribution in [3.63, 3.8) is 0 Å². The Morgan fingerprint density at radius 2 is 1.36 bits per heavy atom. The summed E-state index contributed by atoms with van der Waals surface area (Å²) >= 11 is 25.9. The number of sulfonamides is 1. The normalized spacial score (nSPS) is 11.9. The number of anilines is 1. The molecule has 0 saturated carbocycles. The molecule has 0 radical (unpaired) electrons. The van der Waals surface area contributed by atoms with Crippen molar-refractivity contribution in [1.82, 2.24) is 10.2 Å². The molecule has 0 fully saturated rings. The number of carbonyl (C=O) groups is 2. The molecule has 236 valence electrons. The second-order valence-corrected chi connectivity index (χ2v) is 13.6. The van der Waals surface area contributed by atoms with E-state index in [-0.39, 0.29) is 33.6 Å². The van der Waals surface area contributed by atoms with E-state index >= 15 is 0 Å². The minimum absolute atomic E-state index is 0.00661.